The van der Waals surface area contributed by atoms with Gasteiger partial charge in [0.05, 0.1) is 11.0 Å². The van der Waals surface area contributed by atoms with Crippen LogP contribution in [-0.2, 0) is 6.42 Å². The van der Waals surface area contributed by atoms with E-state index in [0.29, 0.717) is 18.3 Å². The van der Waals surface area contributed by atoms with Crippen LogP contribution < -0.4 is 10.6 Å². The summed E-state index contributed by atoms with van der Waals surface area (Å²) in [5.41, 5.74) is 1.60. The number of unbranched alkanes of at least 4 members (excludes halogenated alkanes) is 1. The Kier molecular flexibility index (Phi) is 5.98. The number of nitrogens with zero attached hydrogens (tertiary/aromatic N) is 3. The lowest BCUT2D eigenvalue weighted by molar-refractivity contribution is 0.0946. The number of nitrogens with one attached hydrogen (secondary N) is 2. The summed E-state index contributed by atoms with van der Waals surface area (Å²) >= 11 is 1.71. The molecule has 2 N–H and O–H groups in total. The molecule has 0 radical (unpaired) electrons. The lowest BCUT2D eigenvalue weighted by Gasteiger charge is -2.22. The third-order valence-electron chi connectivity index (χ3n) is 4.26. The highest BCUT2D eigenvalue weighted by atomic mass is 32.1. The second kappa shape index (κ2) is 8.39. The maximum absolute atomic E-state index is 12.2. The molecule has 1 aliphatic rings. The Balaban J connectivity index is 1.38. The maximum Gasteiger partial charge on any atom is 0.271 e. The molecule has 1 aliphatic heterocycles. The summed E-state index contributed by atoms with van der Waals surface area (Å²) in [7, 11) is 0. The Hall–Kier alpha value is -1.73. The van der Waals surface area contributed by atoms with Crippen molar-refractivity contribution < 1.29 is 4.79 Å². The van der Waals surface area contributed by atoms with Crippen LogP contribution in [0.15, 0.2) is 17.6 Å². The third kappa shape index (κ3) is 4.64. The summed E-state index contributed by atoms with van der Waals surface area (Å²) in [6, 6.07) is 2.17. The highest BCUT2D eigenvalue weighted by Crippen LogP contribution is 2.15. The third-order valence-corrected chi connectivity index (χ3v) is 5.28. The average Bonchev–Trinajstić information content (AvgIpc) is 3.24. The van der Waals surface area contributed by atoms with E-state index < -0.39 is 0 Å². The van der Waals surface area contributed by atoms with Crippen molar-refractivity contribution in [3.8, 4) is 0 Å². The topological polar surface area (TPSA) is 71.8 Å². The molecule has 2 aromatic heterocycles. The second-order valence-corrected chi connectivity index (χ2v) is 7.22. The van der Waals surface area contributed by atoms with Gasteiger partial charge in [-0.3, -0.25) is 9.48 Å². The number of hydrogen-bond donors (Lipinski definition) is 2. The number of thiazole rings is 1. The molecular weight excluding hydrogens is 322 g/mol. The first-order chi connectivity index (χ1) is 11.7. The largest absolute Gasteiger partial charge is 0.351 e. The second-order valence-electron chi connectivity index (χ2n) is 6.28. The van der Waals surface area contributed by atoms with Crippen molar-refractivity contribution in [3.63, 3.8) is 0 Å². The first-order valence-corrected chi connectivity index (χ1v) is 9.55. The minimum absolute atomic E-state index is 0.0809. The van der Waals surface area contributed by atoms with Crippen molar-refractivity contribution in [2.45, 2.75) is 45.1 Å². The fourth-order valence-corrected chi connectivity index (χ4v) is 3.75. The van der Waals surface area contributed by atoms with Crippen molar-refractivity contribution in [1.82, 2.24) is 25.4 Å². The standard InChI is InChI=1S/C17H25N5OS/c1-13-12-24-16(20-13)6-2-3-9-19-17(23)15-7-10-22(21-15)14-5-4-8-18-11-14/h7,10,12,14,18H,2-6,8-9,11H2,1H3,(H,19,23). The Labute approximate surface area is 146 Å². The SMILES string of the molecule is Cc1csc(CCCCNC(=O)c2ccn(C3CCCNC3)n2)n1. The molecule has 0 spiro atoms. The zero-order valence-electron chi connectivity index (χ0n) is 14.1. The van der Waals surface area contributed by atoms with Crippen molar-refractivity contribution in [2.75, 3.05) is 19.6 Å². The molecular formula is C17H25N5OS. The van der Waals surface area contributed by atoms with E-state index in [1.54, 1.807) is 11.3 Å². The number of piperidine rings is 1. The van der Waals surface area contributed by atoms with Gasteiger partial charge < -0.3 is 10.6 Å². The van der Waals surface area contributed by atoms with Crippen LogP contribution in [0.3, 0.4) is 0 Å². The molecule has 0 bridgehead atoms. The molecule has 6 nitrogen and oxygen atoms in total. The van der Waals surface area contributed by atoms with Crippen LogP contribution in [0.5, 0.6) is 0 Å². The highest BCUT2D eigenvalue weighted by Gasteiger charge is 2.17. The van der Waals surface area contributed by atoms with Crippen LogP contribution in [0, 0.1) is 6.92 Å². The van der Waals surface area contributed by atoms with Crippen molar-refractivity contribution in [3.05, 3.63) is 34.0 Å². The van der Waals surface area contributed by atoms with Crippen LogP contribution in [0.1, 0.15) is 52.9 Å². The molecule has 1 amide bonds. The summed E-state index contributed by atoms with van der Waals surface area (Å²) in [5.74, 6) is -0.0809. The Morgan fingerprint density at radius 2 is 2.42 bits per heavy atom. The lowest BCUT2D eigenvalue weighted by atomic mass is 10.1. The monoisotopic (exact) mass is 347 g/mol. The molecule has 3 heterocycles. The normalized spacial score (nSPS) is 17.8. The summed E-state index contributed by atoms with van der Waals surface area (Å²) in [6.45, 7) is 4.70. The number of carbonyl (C=O) groups is 1. The van der Waals surface area contributed by atoms with E-state index in [2.05, 4.69) is 26.1 Å². The number of carbonyl (C=O) groups excluding carboxylic acids is 1. The number of amides is 1. The molecule has 0 aliphatic carbocycles. The van der Waals surface area contributed by atoms with Gasteiger partial charge in [0.1, 0.15) is 5.69 Å². The van der Waals surface area contributed by atoms with Crippen LogP contribution >= 0.6 is 11.3 Å². The molecule has 1 unspecified atom stereocenters. The van der Waals surface area contributed by atoms with Gasteiger partial charge in [-0.15, -0.1) is 11.3 Å². The average molecular weight is 347 g/mol. The van der Waals surface area contributed by atoms with Gasteiger partial charge in [-0.2, -0.15) is 5.10 Å². The zero-order chi connectivity index (χ0) is 16.8. The summed E-state index contributed by atoms with van der Waals surface area (Å²) < 4.78 is 1.92. The molecule has 1 fully saturated rings. The molecule has 130 valence electrons. The number of aryl methyl sites for hydroxylation is 2. The molecule has 7 heteroatoms. The fourth-order valence-electron chi connectivity index (χ4n) is 2.93. The summed E-state index contributed by atoms with van der Waals surface area (Å²) in [6.07, 6.45) is 7.17. The van der Waals surface area contributed by atoms with E-state index in [4.69, 9.17) is 0 Å². The van der Waals surface area contributed by atoms with E-state index >= 15 is 0 Å². The minimum atomic E-state index is -0.0809. The van der Waals surface area contributed by atoms with Gasteiger partial charge in [0, 0.05) is 30.4 Å². The fraction of sp³-hybridized carbons (Fsp3) is 0.588. The van der Waals surface area contributed by atoms with Crippen LogP contribution in [0.2, 0.25) is 0 Å². The minimum Gasteiger partial charge on any atom is -0.351 e. The predicted molar refractivity (Wildman–Crippen MR) is 95.5 cm³/mol. The number of hydrogen-bond acceptors (Lipinski definition) is 5. The van der Waals surface area contributed by atoms with Gasteiger partial charge in [-0.1, -0.05) is 0 Å². The Morgan fingerprint density at radius 3 is 3.17 bits per heavy atom. The van der Waals surface area contributed by atoms with E-state index in [-0.39, 0.29) is 5.91 Å². The first-order valence-electron chi connectivity index (χ1n) is 8.67. The molecule has 24 heavy (non-hydrogen) atoms. The van der Waals surface area contributed by atoms with Gasteiger partial charge in [-0.05, 0) is 51.6 Å². The Morgan fingerprint density at radius 1 is 1.50 bits per heavy atom. The Bertz CT molecular complexity index is 659. The van der Waals surface area contributed by atoms with Gasteiger partial charge in [0.2, 0.25) is 0 Å². The summed E-state index contributed by atoms with van der Waals surface area (Å²) in [4.78, 5) is 16.6. The molecule has 1 saturated heterocycles. The van der Waals surface area contributed by atoms with Gasteiger partial charge in [0.25, 0.3) is 5.91 Å². The molecule has 1 atom stereocenters. The van der Waals surface area contributed by atoms with E-state index in [9.17, 15) is 4.79 Å². The smallest absolute Gasteiger partial charge is 0.271 e. The van der Waals surface area contributed by atoms with Crippen LogP contribution in [0.4, 0.5) is 0 Å². The molecule has 3 rings (SSSR count). The van der Waals surface area contributed by atoms with E-state index in [1.165, 1.54) is 5.01 Å². The maximum atomic E-state index is 12.2. The highest BCUT2D eigenvalue weighted by molar-refractivity contribution is 7.09. The van der Waals surface area contributed by atoms with Crippen LogP contribution in [-0.4, -0.2) is 40.3 Å². The molecule has 0 saturated carbocycles. The lowest BCUT2D eigenvalue weighted by Crippen LogP contribution is -2.32. The first kappa shape index (κ1) is 17.1. The van der Waals surface area contributed by atoms with Crippen molar-refractivity contribution in [1.29, 1.82) is 0 Å². The predicted octanol–water partition coefficient (Wildman–Crippen LogP) is 2.33. The summed E-state index contributed by atoms with van der Waals surface area (Å²) in [5, 5.41) is 14.0. The van der Waals surface area contributed by atoms with Gasteiger partial charge in [-0.25, -0.2) is 4.98 Å². The molecule has 2 aromatic rings. The number of aromatic nitrogens is 3. The van der Waals surface area contributed by atoms with E-state index in [1.807, 2.05) is 23.9 Å². The molecule has 0 aromatic carbocycles. The zero-order valence-corrected chi connectivity index (χ0v) is 14.9. The van der Waals surface area contributed by atoms with E-state index in [0.717, 1.165) is 50.9 Å². The van der Waals surface area contributed by atoms with Gasteiger partial charge in [0.15, 0.2) is 0 Å². The number of rotatable bonds is 7. The van der Waals surface area contributed by atoms with Crippen LogP contribution in [0.25, 0.3) is 0 Å². The van der Waals surface area contributed by atoms with Crippen molar-refractivity contribution >= 4 is 17.2 Å². The van der Waals surface area contributed by atoms with Gasteiger partial charge >= 0.3 is 0 Å². The quantitative estimate of drug-likeness (QED) is 0.754. The van der Waals surface area contributed by atoms with Crippen molar-refractivity contribution in [2.24, 2.45) is 0 Å².